The highest BCUT2D eigenvalue weighted by Gasteiger charge is 2.23. The van der Waals surface area contributed by atoms with Crippen LogP contribution < -0.4 is 9.62 Å². The monoisotopic (exact) mass is 394 g/mol. The molecule has 0 saturated heterocycles. The van der Waals surface area contributed by atoms with Gasteiger partial charge < -0.3 is 5.32 Å². The van der Waals surface area contributed by atoms with Crippen molar-refractivity contribution in [1.82, 2.24) is 0 Å². The molecule has 0 radical (unpaired) electrons. The number of aryl methyl sites for hydroxylation is 1. The molecule has 0 aliphatic heterocycles. The minimum absolute atomic E-state index is 0.147. The molecule has 0 spiro atoms. The molecule has 144 valence electrons. The van der Waals surface area contributed by atoms with E-state index in [4.69, 9.17) is 0 Å². The minimum Gasteiger partial charge on any atom is -0.322 e. The van der Waals surface area contributed by atoms with Gasteiger partial charge in [-0.25, -0.2) is 8.42 Å². The topological polar surface area (TPSA) is 66.5 Å². The third kappa shape index (κ3) is 4.78. The molecule has 0 fully saturated rings. The summed E-state index contributed by atoms with van der Waals surface area (Å²) in [6, 6.07) is 23.5. The second-order valence-electron chi connectivity index (χ2n) is 6.60. The molecule has 0 atom stereocenters. The van der Waals surface area contributed by atoms with E-state index in [0.29, 0.717) is 16.9 Å². The van der Waals surface area contributed by atoms with Gasteiger partial charge in [0.15, 0.2) is 0 Å². The van der Waals surface area contributed by atoms with E-state index in [1.165, 1.54) is 4.31 Å². The standard InChI is InChI=1S/C22H22N2O3S/c1-17-9-8-12-19(15-17)23-22(25)20-13-6-7-14-21(20)24(28(2,26)27)16-18-10-4-3-5-11-18/h3-15H,16H2,1-2H3,(H,23,25). The fourth-order valence-corrected chi connectivity index (χ4v) is 3.83. The normalized spacial score (nSPS) is 11.1. The van der Waals surface area contributed by atoms with E-state index >= 15 is 0 Å². The molecule has 0 unspecified atom stereocenters. The van der Waals surface area contributed by atoms with Crippen molar-refractivity contribution in [1.29, 1.82) is 0 Å². The van der Waals surface area contributed by atoms with Crippen molar-refractivity contribution >= 4 is 27.3 Å². The van der Waals surface area contributed by atoms with Crippen molar-refractivity contribution in [3.05, 3.63) is 95.6 Å². The molecule has 0 aliphatic rings. The van der Waals surface area contributed by atoms with Gasteiger partial charge in [-0.3, -0.25) is 9.10 Å². The lowest BCUT2D eigenvalue weighted by atomic mass is 10.1. The van der Waals surface area contributed by atoms with Crippen molar-refractivity contribution < 1.29 is 13.2 Å². The lowest BCUT2D eigenvalue weighted by Crippen LogP contribution is -2.31. The highest BCUT2D eigenvalue weighted by atomic mass is 32.2. The molecule has 6 heteroatoms. The van der Waals surface area contributed by atoms with Crippen LogP contribution in [0.3, 0.4) is 0 Å². The van der Waals surface area contributed by atoms with Crippen LogP contribution in [0.5, 0.6) is 0 Å². The maximum Gasteiger partial charge on any atom is 0.257 e. The highest BCUT2D eigenvalue weighted by Crippen LogP contribution is 2.26. The molecule has 0 bridgehead atoms. The zero-order valence-corrected chi connectivity index (χ0v) is 16.6. The van der Waals surface area contributed by atoms with Crippen LogP contribution >= 0.6 is 0 Å². The van der Waals surface area contributed by atoms with E-state index in [1.54, 1.807) is 30.3 Å². The van der Waals surface area contributed by atoms with Crippen molar-refractivity contribution in [2.45, 2.75) is 13.5 Å². The first-order chi connectivity index (χ1) is 13.3. The second kappa shape index (κ2) is 8.27. The Morgan fingerprint density at radius 1 is 0.929 bits per heavy atom. The number of nitrogens with zero attached hydrogens (tertiary/aromatic N) is 1. The van der Waals surface area contributed by atoms with Crippen LogP contribution in [0.4, 0.5) is 11.4 Å². The van der Waals surface area contributed by atoms with E-state index in [2.05, 4.69) is 5.32 Å². The van der Waals surface area contributed by atoms with Gasteiger partial charge in [-0.2, -0.15) is 0 Å². The Morgan fingerprint density at radius 3 is 2.29 bits per heavy atom. The molecule has 3 aromatic rings. The minimum atomic E-state index is -3.60. The maximum atomic E-state index is 12.9. The molecule has 0 aliphatic carbocycles. The van der Waals surface area contributed by atoms with Crippen LogP contribution in [-0.4, -0.2) is 20.6 Å². The number of anilines is 2. The third-order valence-electron chi connectivity index (χ3n) is 4.26. The molecular formula is C22H22N2O3S. The first kappa shape index (κ1) is 19.6. The summed E-state index contributed by atoms with van der Waals surface area (Å²) < 4.78 is 26.3. The molecule has 5 nitrogen and oxygen atoms in total. The van der Waals surface area contributed by atoms with Crippen molar-refractivity contribution in [3.63, 3.8) is 0 Å². The van der Waals surface area contributed by atoms with Crippen molar-refractivity contribution in [2.24, 2.45) is 0 Å². The molecule has 1 N–H and O–H groups in total. The second-order valence-corrected chi connectivity index (χ2v) is 8.50. The quantitative estimate of drug-likeness (QED) is 0.681. The number of amides is 1. The van der Waals surface area contributed by atoms with Gasteiger partial charge in [0.2, 0.25) is 10.0 Å². The summed E-state index contributed by atoms with van der Waals surface area (Å²) in [7, 11) is -3.60. The van der Waals surface area contributed by atoms with E-state index in [-0.39, 0.29) is 12.5 Å². The number of hydrogen-bond donors (Lipinski definition) is 1. The maximum absolute atomic E-state index is 12.9. The Morgan fingerprint density at radius 2 is 1.61 bits per heavy atom. The zero-order chi connectivity index (χ0) is 20.1. The van der Waals surface area contributed by atoms with Crippen molar-refractivity contribution in [3.8, 4) is 0 Å². The predicted octanol–water partition coefficient (Wildman–Crippen LogP) is 4.21. The van der Waals surface area contributed by atoms with E-state index < -0.39 is 10.0 Å². The van der Waals surface area contributed by atoms with E-state index in [1.807, 2.05) is 55.5 Å². The molecule has 28 heavy (non-hydrogen) atoms. The lowest BCUT2D eigenvalue weighted by Gasteiger charge is -2.24. The fourth-order valence-electron chi connectivity index (χ4n) is 2.93. The van der Waals surface area contributed by atoms with Crippen LogP contribution in [0, 0.1) is 6.92 Å². The summed E-state index contributed by atoms with van der Waals surface area (Å²) in [5.74, 6) is -0.358. The van der Waals surface area contributed by atoms with Gasteiger partial charge in [0.25, 0.3) is 5.91 Å². The summed E-state index contributed by atoms with van der Waals surface area (Å²) in [5.41, 5.74) is 3.16. The fraction of sp³-hybridized carbons (Fsp3) is 0.136. The molecule has 0 heterocycles. The lowest BCUT2D eigenvalue weighted by molar-refractivity contribution is 0.102. The summed E-state index contributed by atoms with van der Waals surface area (Å²) in [4.78, 5) is 12.9. The number of para-hydroxylation sites is 1. The molecule has 3 rings (SSSR count). The largest absolute Gasteiger partial charge is 0.322 e. The average molecular weight is 394 g/mol. The first-order valence-corrected chi connectivity index (χ1v) is 10.7. The van der Waals surface area contributed by atoms with Crippen LogP contribution in [0.1, 0.15) is 21.5 Å². The number of hydrogen-bond acceptors (Lipinski definition) is 3. The van der Waals surface area contributed by atoms with Gasteiger partial charge in [0.1, 0.15) is 0 Å². The number of sulfonamides is 1. The predicted molar refractivity (Wildman–Crippen MR) is 113 cm³/mol. The number of rotatable bonds is 6. The van der Waals surface area contributed by atoms with E-state index in [0.717, 1.165) is 17.4 Å². The van der Waals surface area contributed by atoms with Crippen molar-refractivity contribution in [2.75, 3.05) is 15.9 Å². The summed E-state index contributed by atoms with van der Waals surface area (Å²) in [5, 5.41) is 2.85. The van der Waals surface area contributed by atoms with Gasteiger partial charge in [0.05, 0.1) is 24.1 Å². The number of carbonyl (C=O) groups excluding carboxylic acids is 1. The average Bonchev–Trinajstić information content (AvgIpc) is 2.66. The molecular weight excluding hydrogens is 372 g/mol. The van der Waals surface area contributed by atoms with Crippen LogP contribution in [-0.2, 0) is 16.6 Å². The smallest absolute Gasteiger partial charge is 0.257 e. The molecule has 1 amide bonds. The van der Waals surface area contributed by atoms with Gasteiger partial charge in [-0.05, 0) is 42.3 Å². The molecule has 0 saturated carbocycles. The highest BCUT2D eigenvalue weighted by molar-refractivity contribution is 7.92. The molecule has 3 aromatic carbocycles. The Bertz CT molecular complexity index is 1080. The summed E-state index contributed by atoms with van der Waals surface area (Å²) in [6.07, 6.45) is 1.14. The van der Waals surface area contributed by atoms with Gasteiger partial charge in [-0.15, -0.1) is 0 Å². The van der Waals surface area contributed by atoms with Gasteiger partial charge in [-0.1, -0.05) is 54.6 Å². The summed E-state index contributed by atoms with van der Waals surface area (Å²) in [6.45, 7) is 2.09. The Hall–Kier alpha value is -3.12. The molecule has 0 aromatic heterocycles. The number of carbonyl (C=O) groups is 1. The number of nitrogens with one attached hydrogen (secondary N) is 1. The van der Waals surface area contributed by atoms with Crippen LogP contribution in [0.15, 0.2) is 78.9 Å². The Balaban J connectivity index is 1.97. The number of benzene rings is 3. The Kier molecular flexibility index (Phi) is 5.80. The first-order valence-electron chi connectivity index (χ1n) is 8.83. The summed E-state index contributed by atoms with van der Waals surface area (Å²) >= 11 is 0. The zero-order valence-electron chi connectivity index (χ0n) is 15.8. The SMILES string of the molecule is Cc1cccc(NC(=O)c2ccccc2N(Cc2ccccc2)S(C)(=O)=O)c1. The van der Waals surface area contributed by atoms with Crippen LogP contribution in [0.2, 0.25) is 0 Å². The van der Waals surface area contributed by atoms with Gasteiger partial charge >= 0.3 is 0 Å². The Labute approximate surface area is 165 Å². The third-order valence-corrected chi connectivity index (χ3v) is 5.39. The van der Waals surface area contributed by atoms with E-state index in [9.17, 15) is 13.2 Å². The van der Waals surface area contributed by atoms with Gasteiger partial charge in [0, 0.05) is 5.69 Å². The van der Waals surface area contributed by atoms with Crippen LogP contribution in [0.25, 0.3) is 0 Å².